The molecule has 6 nitrogen and oxygen atoms in total. The van der Waals surface area contributed by atoms with Gasteiger partial charge in [-0.15, -0.1) is 0 Å². The summed E-state index contributed by atoms with van der Waals surface area (Å²) in [6.45, 7) is 5.17. The molecule has 0 spiro atoms. The van der Waals surface area contributed by atoms with Gasteiger partial charge in [-0.1, -0.05) is 44.2 Å². The van der Waals surface area contributed by atoms with Gasteiger partial charge in [0.2, 0.25) is 0 Å². The first-order chi connectivity index (χ1) is 18.4. The van der Waals surface area contributed by atoms with Gasteiger partial charge in [0.1, 0.15) is 23.4 Å². The lowest BCUT2D eigenvalue weighted by atomic mass is 9.95. The van der Waals surface area contributed by atoms with E-state index in [1.165, 1.54) is 18.4 Å². The molecular formula is C31H31FN2O4. The Morgan fingerprint density at radius 1 is 1.00 bits per heavy atom. The van der Waals surface area contributed by atoms with Gasteiger partial charge in [-0.2, -0.15) is 0 Å². The van der Waals surface area contributed by atoms with Gasteiger partial charge < -0.3 is 19.8 Å². The maximum absolute atomic E-state index is 13.8. The summed E-state index contributed by atoms with van der Waals surface area (Å²) in [4.78, 5) is 26.5. The van der Waals surface area contributed by atoms with Crippen molar-refractivity contribution in [3.63, 3.8) is 0 Å². The Labute approximate surface area is 221 Å². The molecule has 1 aliphatic carbocycles. The number of nitrogens with one attached hydrogen (secondary N) is 2. The molecule has 1 atom stereocenters. The smallest absolute Gasteiger partial charge is 0.255 e. The SMILES string of the molecule is CC(C)CNC(=O)c1cc(OCC2CC2)cc(C(NC(=O)c2coc3ccccc23)c2ccc(F)cc2)c1. The zero-order chi connectivity index (χ0) is 26.6. The second-order valence-corrected chi connectivity index (χ2v) is 10.3. The highest BCUT2D eigenvalue weighted by atomic mass is 19.1. The molecule has 0 bridgehead atoms. The zero-order valence-electron chi connectivity index (χ0n) is 21.5. The van der Waals surface area contributed by atoms with Crippen LogP contribution in [0, 0.1) is 17.7 Å². The minimum atomic E-state index is -0.669. The molecule has 2 N–H and O–H groups in total. The minimum Gasteiger partial charge on any atom is -0.493 e. The van der Waals surface area contributed by atoms with Crippen molar-refractivity contribution in [3.8, 4) is 5.75 Å². The molecule has 2 amide bonds. The van der Waals surface area contributed by atoms with Gasteiger partial charge in [-0.05, 0) is 72.2 Å². The Kier molecular flexibility index (Phi) is 7.45. The molecule has 5 rings (SSSR count). The lowest BCUT2D eigenvalue weighted by molar-refractivity contribution is 0.0940. The lowest BCUT2D eigenvalue weighted by Gasteiger charge is -2.22. The van der Waals surface area contributed by atoms with Crippen LogP contribution in [-0.2, 0) is 0 Å². The first-order valence-electron chi connectivity index (χ1n) is 13.0. The Bertz CT molecular complexity index is 1440. The van der Waals surface area contributed by atoms with Crippen LogP contribution in [0.2, 0.25) is 0 Å². The summed E-state index contributed by atoms with van der Waals surface area (Å²) in [6.07, 6.45) is 3.70. The zero-order valence-corrected chi connectivity index (χ0v) is 21.5. The van der Waals surface area contributed by atoms with Crippen molar-refractivity contribution in [2.45, 2.75) is 32.7 Å². The molecule has 3 aromatic carbocycles. The van der Waals surface area contributed by atoms with E-state index in [1.54, 1.807) is 30.3 Å². The summed E-state index contributed by atoms with van der Waals surface area (Å²) < 4.78 is 25.4. The third kappa shape index (κ3) is 6.05. The molecule has 1 saturated carbocycles. The minimum absolute atomic E-state index is 0.221. The summed E-state index contributed by atoms with van der Waals surface area (Å²) in [5.74, 6) is 0.429. The van der Waals surface area contributed by atoms with Gasteiger partial charge in [-0.3, -0.25) is 9.59 Å². The van der Waals surface area contributed by atoms with Crippen LogP contribution < -0.4 is 15.4 Å². The van der Waals surface area contributed by atoms with E-state index in [1.807, 2.05) is 38.1 Å². The van der Waals surface area contributed by atoms with Crippen LogP contribution in [0.1, 0.15) is 64.6 Å². The molecule has 1 aromatic heterocycles. The fourth-order valence-electron chi connectivity index (χ4n) is 4.28. The van der Waals surface area contributed by atoms with Gasteiger partial charge in [0.15, 0.2) is 0 Å². The normalized spacial score (nSPS) is 13.9. The van der Waals surface area contributed by atoms with Gasteiger partial charge in [0.05, 0.1) is 18.2 Å². The van der Waals surface area contributed by atoms with Crippen LogP contribution in [0.5, 0.6) is 5.75 Å². The maximum atomic E-state index is 13.8. The summed E-state index contributed by atoms with van der Waals surface area (Å²) in [5.41, 5.74) is 2.75. The number of furan rings is 1. The third-order valence-electron chi connectivity index (χ3n) is 6.58. The number of halogens is 1. The first kappa shape index (κ1) is 25.5. The van der Waals surface area contributed by atoms with E-state index >= 15 is 0 Å². The maximum Gasteiger partial charge on any atom is 0.255 e. The number of hydrogen-bond acceptors (Lipinski definition) is 4. The van der Waals surface area contributed by atoms with Gasteiger partial charge in [0.25, 0.3) is 11.8 Å². The van der Waals surface area contributed by atoms with Crippen LogP contribution in [0.4, 0.5) is 4.39 Å². The van der Waals surface area contributed by atoms with E-state index in [9.17, 15) is 14.0 Å². The van der Waals surface area contributed by atoms with E-state index in [2.05, 4.69) is 10.6 Å². The van der Waals surface area contributed by atoms with Crippen LogP contribution >= 0.6 is 0 Å². The number of para-hydroxylation sites is 1. The average molecular weight is 515 g/mol. The first-order valence-corrected chi connectivity index (χ1v) is 13.0. The monoisotopic (exact) mass is 514 g/mol. The highest BCUT2D eigenvalue weighted by Crippen LogP contribution is 2.32. The Morgan fingerprint density at radius 2 is 1.76 bits per heavy atom. The molecular weight excluding hydrogens is 483 g/mol. The van der Waals surface area contributed by atoms with Crippen molar-refractivity contribution in [2.24, 2.45) is 11.8 Å². The van der Waals surface area contributed by atoms with Crippen molar-refractivity contribution >= 4 is 22.8 Å². The molecule has 7 heteroatoms. The number of fused-ring (bicyclic) bond motifs is 1. The number of carbonyl (C=O) groups is 2. The standard InChI is InChI=1S/C31H31FN2O4/c1-19(2)16-33-30(35)23-13-22(14-25(15-23)37-17-20-7-8-20)29(21-9-11-24(32)12-10-21)34-31(36)27-18-38-28-6-4-3-5-26(27)28/h3-6,9-15,18-20,29H,7-8,16-17H2,1-2H3,(H,33,35)(H,34,36). The average Bonchev–Trinajstić information content (AvgIpc) is 3.65. The van der Waals surface area contributed by atoms with Gasteiger partial charge in [0, 0.05) is 17.5 Å². The highest BCUT2D eigenvalue weighted by molar-refractivity contribution is 6.06. The topological polar surface area (TPSA) is 80.6 Å². The largest absolute Gasteiger partial charge is 0.493 e. The second kappa shape index (κ2) is 11.1. The number of benzene rings is 3. The van der Waals surface area contributed by atoms with Crippen molar-refractivity contribution < 1.29 is 23.1 Å². The predicted octanol–water partition coefficient (Wildman–Crippen LogP) is 6.27. The fraction of sp³-hybridized carbons (Fsp3) is 0.290. The van der Waals surface area contributed by atoms with E-state index in [-0.39, 0.29) is 17.6 Å². The van der Waals surface area contributed by atoms with E-state index in [0.717, 1.165) is 12.8 Å². The van der Waals surface area contributed by atoms with Crippen LogP contribution in [0.25, 0.3) is 11.0 Å². The van der Waals surface area contributed by atoms with E-state index < -0.39 is 6.04 Å². The number of carbonyl (C=O) groups excluding carboxylic acids is 2. The summed E-state index contributed by atoms with van der Waals surface area (Å²) in [6, 6.07) is 17.9. The number of amides is 2. The predicted molar refractivity (Wildman–Crippen MR) is 144 cm³/mol. The summed E-state index contributed by atoms with van der Waals surface area (Å²) in [7, 11) is 0. The molecule has 0 radical (unpaired) electrons. The van der Waals surface area contributed by atoms with Crippen molar-refractivity contribution in [1.29, 1.82) is 0 Å². The van der Waals surface area contributed by atoms with Crippen molar-refractivity contribution in [1.82, 2.24) is 10.6 Å². The van der Waals surface area contributed by atoms with Crippen LogP contribution in [0.15, 0.2) is 77.4 Å². The molecule has 0 saturated heterocycles. The molecule has 1 unspecified atom stereocenters. The van der Waals surface area contributed by atoms with Crippen molar-refractivity contribution in [3.05, 3.63) is 101 Å². The molecule has 38 heavy (non-hydrogen) atoms. The highest BCUT2D eigenvalue weighted by Gasteiger charge is 2.25. The lowest BCUT2D eigenvalue weighted by Crippen LogP contribution is -2.30. The van der Waals surface area contributed by atoms with Crippen LogP contribution in [0.3, 0.4) is 0 Å². The molecule has 196 valence electrons. The van der Waals surface area contributed by atoms with Crippen LogP contribution in [-0.4, -0.2) is 25.0 Å². The Morgan fingerprint density at radius 3 is 2.50 bits per heavy atom. The van der Waals surface area contributed by atoms with E-state index in [0.29, 0.717) is 64.0 Å². The van der Waals surface area contributed by atoms with Gasteiger partial charge >= 0.3 is 0 Å². The van der Waals surface area contributed by atoms with Crippen molar-refractivity contribution in [2.75, 3.05) is 13.2 Å². The molecule has 1 heterocycles. The number of ether oxygens (including phenoxy) is 1. The third-order valence-corrected chi connectivity index (χ3v) is 6.58. The summed E-state index contributed by atoms with van der Waals surface area (Å²) >= 11 is 0. The quantitative estimate of drug-likeness (QED) is 0.262. The molecule has 0 aliphatic heterocycles. The fourth-order valence-corrected chi connectivity index (χ4v) is 4.28. The Hall–Kier alpha value is -4.13. The number of rotatable bonds is 10. The molecule has 1 aliphatic rings. The molecule has 1 fully saturated rings. The van der Waals surface area contributed by atoms with Gasteiger partial charge in [-0.25, -0.2) is 4.39 Å². The Balaban J connectivity index is 1.52. The summed E-state index contributed by atoms with van der Waals surface area (Å²) in [5, 5.41) is 6.72. The molecule has 4 aromatic rings. The second-order valence-electron chi connectivity index (χ2n) is 10.3. The van der Waals surface area contributed by atoms with E-state index in [4.69, 9.17) is 9.15 Å². The number of hydrogen-bond donors (Lipinski definition) is 2.